The number of non-ortho nitro benzene ring substituents is 2. The number of halogens is 1. The van der Waals surface area contributed by atoms with Crippen molar-refractivity contribution in [1.29, 1.82) is 0 Å². The van der Waals surface area contributed by atoms with Crippen molar-refractivity contribution >= 4 is 99.3 Å². The Morgan fingerprint density at radius 1 is 0.370 bits per heavy atom. The van der Waals surface area contributed by atoms with Gasteiger partial charge in [-0.05, 0) is 172 Å². The number of aromatic nitrogens is 4. The normalized spacial score (nSPS) is 13.4. The van der Waals surface area contributed by atoms with Gasteiger partial charge in [0.15, 0.2) is 51.8 Å². The number of ketones is 1. The van der Waals surface area contributed by atoms with Crippen LogP contribution >= 0.6 is 22.6 Å². The first kappa shape index (κ1) is 81.9. The number of fused-ring (bicyclic) bond motifs is 9. The average molecular weight is 1720 g/mol. The van der Waals surface area contributed by atoms with Crippen LogP contribution in [0.3, 0.4) is 0 Å². The Morgan fingerprint density at radius 2 is 0.689 bits per heavy atom. The third kappa shape index (κ3) is 19.6. The number of nitrogens with two attached hydrogens (primary N) is 1. The number of hydrogen-bond acceptors (Lipinski definition) is 21. The van der Waals surface area contributed by atoms with Crippen LogP contribution in [0.4, 0.5) is 17.1 Å². The van der Waals surface area contributed by atoms with Gasteiger partial charge in [-0.2, -0.15) is 0 Å². The number of aliphatic hydroxyl groups excluding tert-OH is 1. The lowest BCUT2D eigenvalue weighted by Crippen LogP contribution is -2.21. The summed E-state index contributed by atoms with van der Waals surface area (Å²) in [6.07, 6.45) is 18.6. The van der Waals surface area contributed by atoms with Crippen LogP contribution in [0.2, 0.25) is 0 Å². The zero-order valence-corrected chi connectivity index (χ0v) is 66.7. The lowest BCUT2D eigenvalue weighted by molar-refractivity contribution is -0.383. The van der Waals surface area contributed by atoms with Crippen molar-refractivity contribution in [1.82, 2.24) is 18.3 Å². The standard InChI is InChI=1S/C21H19NO5.C18H14INO3.C18H14N2O5.C18H16N2O3.C9H5NO4.C7H14/c23-9-7-18(24)16-2-1-3-17-15(16)6-8-22(21(17)25)13-14-4-5-19-20(12-14)27-11-10-26-19;19-15-3-1-2-14-13(15)6-7-20(18(14)21)11-12-4-5-16-17(10-12)23-9-8-22-16;21-18-14-2-1-3-15(20(22)23)13(14)6-7-19(18)11-12-4-5-16-17(10-12)25-9-8-24-16;19-15-3-1-2-14-13(15)6-7-20(18(14)21)11-12-4-5-16-17(10-12)23-9-8-22-16;11-9-7-2-1-3-8(10(12)13)6(7)4-5-14-9;1-2-4-6-7-5-3-1/h1-6,8,12,23H,7,9-11,13H2;1-7,10H,8-9,11H2;1-7,10H,8-9,11H2;1-7,10H,8-9,11,19H2;1-5H;1-7H2. The molecule has 119 heavy (non-hydrogen) atoms. The summed E-state index contributed by atoms with van der Waals surface area (Å²) in [6, 6.07) is 56.5. The van der Waals surface area contributed by atoms with Crippen LogP contribution < -0.4 is 71.5 Å². The number of nitrogen functional groups attached to an aromatic ring is 1. The van der Waals surface area contributed by atoms with Crippen LogP contribution in [-0.4, -0.2) is 98.5 Å². The molecule has 0 spiro atoms. The molecule has 0 unspecified atom stereocenters. The molecule has 19 rings (SSSR count). The minimum atomic E-state index is -0.564. The molecule has 0 atom stereocenters. The Kier molecular flexibility index (Phi) is 26.5. The number of anilines is 1. The molecule has 5 aromatic heterocycles. The van der Waals surface area contributed by atoms with Crippen molar-refractivity contribution in [2.24, 2.45) is 0 Å². The highest BCUT2D eigenvalue weighted by molar-refractivity contribution is 14.1. The first-order valence-corrected chi connectivity index (χ1v) is 39.9. The first-order valence-electron chi connectivity index (χ1n) is 38.8. The van der Waals surface area contributed by atoms with Crippen molar-refractivity contribution in [2.45, 2.75) is 77.5 Å². The van der Waals surface area contributed by atoms with E-state index < -0.39 is 15.5 Å². The van der Waals surface area contributed by atoms with E-state index >= 15 is 0 Å². The molecule has 9 aromatic carbocycles. The van der Waals surface area contributed by atoms with Gasteiger partial charge in [0.2, 0.25) is 0 Å². The number of ether oxygens (including phenoxy) is 8. The molecule has 0 saturated heterocycles. The highest BCUT2D eigenvalue weighted by atomic mass is 127. The molecule has 1 aliphatic carbocycles. The van der Waals surface area contributed by atoms with Crippen LogP contribution in [0.5, 0.6) is 46.0 Å². The number of hydrogen-bond donors (Lipinski definition) is 2. The maximum absolute atomic E-state index is 12.9. The maximum Gasteiger partial charge on any atom is 0.343 e. The molecule has 14 aromatic rings. The fourth-order valence-electron chi connectivity index (χ4n) is 14.4. The summed E-state index contributed by atoms with van der Waals surface area (Å²) in [7, 11) is 0. The topological polar surface area (TPSA) is 342 Å². The van der Waals surface area contributed by atoms with Gasteiger partial charge in [0, 0.05) is 85.1 Å². The minimum absolute atomic E-state index is 0.0240. The van der Waals surface area contributed by atoms with E-state index in [1.807, 2.05) is 109 Å². The van der Waals surface area contributed by atoms with E-state index in [1.54, 1.807) is 86.9 Å². The molecule has 0 amide bonds. The van der Waals surface area contributed by atoms with Gasteiger partial charge in [-0.3, -0.25) is 44.2 Å². The molecule has 1 saturated carbocycles. The van der Waals surface area contributed by atoms with Crippen LogP contribution in [0.25, 0.3) is 53.9 Å². The van der Waals surface area contributed by atoms with Crippen molar-refractivity contribution < 1.29 is 62.1 Å². The van der Waals surface area contributed by atoms with E-state index in [0.29, 0.717) is 146 Å². The van der Waals surface area contributed by atoms with Crippen LogP contribution in [0.1, 0.15) is 84.0 Å². The van der Waals surface area contributed by atoms with Gasteiger partial charge in [-0.25, -0.2) is 4.79 Å². The number of carbonyl (C=O) groups is 1. The molecule has 608 valence electrons. The summed E-state index contributed by atoms with van der Waals surface area (Å²) in [4.78, 5) is 94.9. The third-order valence-corrected chi connectivity index (χ3v) is 21.3. The van der Waals surface area contributed by atoms with Crippen LogP contribution in [0, 0.1) is 23.8 Å². The number of rotatable bonds is 13. The highest BCUT2D eigenvalue weighted by Gasteiger charge is 2.21. The van der Waals surface area contributed by atoms with E-state index in [9.17, 15) is 49.0 Å². The zero-order valence-electron chi connectivity index (χ0n) is 64.6. The summed E-state index contributed by atoms with van der Waals surface area (Å²) in [5.41, 5.74) is 9.64. The van der Waals surface area contributed by atoms with Gasteiger partial charge in [0.25, 0.3) is 33.6 Å². The third-order valence-electron chi connectivity index (χ3n) is 20.4. The van der Waals surface area contributed by atoms with E-state index in [1.165, 1.54) is 85.9 Å². The molecule has 1 fully saturated rings. The highest BCUT2D eigenvalue weighted by Crippen LogP contribution is 2.36. The van der Waals surface area contributed by atoms with Gasteiger partial charge < -0.3 is 71.4 Å². The molecule has 9 heterocycles. The molecule has 3 N–H and O–H groups in total. The molecule has 4 aliphatic heterocycles. The number of nitro benzene ring substituents is 2. The van der Waals surface area contributed by atoms with Gasteiger partial charge >= 0.3 is 5.63 Å². The predicted molar refractivity (Wildman–Crippen MR) is 460 cm³/mol. The van der Waals surface area contributed by atoms with Crippen molar-refractivity contribution in [3.63, 3.8) is 0 Å². The summed E-state index contributed by atoms with van der Waals surface area (Å²) in [5, 5.41) is 36.2. The number of pyridine rings is 4. The summed E-state index contributed by atoms with van der Waals surface area (Å²) in [6.45, 7) is 5.82. The van der Waals surface area contributed by atoms with Crippen LogP contribution in [-0.2, 0) is 26.2 Å². The second-order valence-corrected chi connectivity index (χ2v) is 29.4. The van der Waals surface area contributed by atoms with E-state index in [4.69, 9.17) is 48.7 Å². The number of nitro groups is 2. The van der Waals surface area contributed by atoms with Crippen molar-refractivity contribution in [3.8, 4) is 46.0 Å². The SMILES string of the molecule is C1CCCCCC1.Nc1cccc2c(=O)n(Cc3ccc4c(c3)OCCO4)ccc12.O=C(CCO)c1cccc2c(=O)n(Cc3ccc4c(c3)OCCO4)ccc12.O=c1c2cccc(I)c2ccn1Cc1ccc2c(c1)OCCO2.O=c1c2cccc([N+](=O)[O-])c2ccn1Cc1ccc2c(c1)OCCO2.O=c1occc2c([N+](=O)[O-])cccc12. The average Bonchev–Trinajstić information content (AvgIpc) is 0.923. The van der Waals surface area contributed by atoms with Crippen molar-refractivity contribution in [2.75, 3.05) is 65.2 Å². The maximum atomic E-state index is 12.9. The predicted octanol–water partition coefficient (Wildman–Crippen LogP) is 15.4. The first-order chi connectivity index (χ1) is 57.9. The van der Waals surface area contributed by atoms with E-state index in [-0.39, 0.29) is 57.8 Å². The zero-order chi connectivity index (χ0) is 82.9. The molecule has 27 nitrogen and oxygen atoms in total. The smallest absolute Gasteiger partial charge is 0.343 e. The number of nitrogens with zero attached hydrogens (tertiary/aromatic N) is 6. The van der Waals surface area contributed by atoms with E-state index in [2.05, 4.69) is 27.0 Å². The monoisotopic (exact) mass is 1720 g/mol. The number of Topliss-reactive ketones (excluding diaryl/α,β-unsaturated/α-hetero) is 1. The summed E-state index contributed by atoms with van der Waals surface area (Å²) in [5.74, 6) is 5.56. The fraction of sp³-hybridized carbons (Fsp3) is 0.231. The van der Waals surface area contributed by atoms with Gasteiger partial charge in [-0.15, -0.1) is 0 Å². The molecule has 28 heteroatoms. The van der Waals surface area contributed by atoms with Crippen molar-refractivity contribution in [3.05, 3.63) is 329 Å². The fourth-order valence-corrected chi connectivity index (χ4v) is 15.1. The molecular weight excluding hydrogens is 1640 g/mol. The lowest BCUT2D eigenvalue weighted by Gasteiger charge is -2.19. The molecular formula is C91H82IN7O20. The Hall–Kier alpha value is -13.6. The summed E-state index contributed by atoms with van der Waals surface area (Å²) >= 11 is 2.26. The molecule has 5 aliphatic rings. The summed E-state index contributed by atoms with van der Waals surface area (Å²) < 4.78 is 56.6. The number of aliphatic hydroxyl groups is 1. The van der Waals surface area contributed by atoms with E-state index in [0.717, 1.165) is 71.2 Å². The molecule has 0 radical (unpaired) electrons. The Bertz CT molecular complexity index is 6280. The lowest BCUT2D eigenvalue weighted by atomic mass is 10.0. The van der Waals surface area contributed by atoms with Crippen LogP contribution in [0.15, 0.2) is 254 Å². The molecule has 0 bridgehead atoms. The second kappa shape index (κ2) is 38.4. The Balaban J connectivity index is 0.000000121. The number of carbonyl (C=O) groups excluding carboxylic acids is 1. The number of benzene rings is 9. The largest absolute Gasteiger partial charge is 0.486 e. The second-order valence-electron chi connectivity index (χ2n) is 28.3. The van der Waals surface area contributed by atoms with Gasteiger partial charge in [0.05, 0.1) is 70.4 Å². The Labute approximate surface area is 692 Å². The minimum Gasteiger partial charge on any atom is -0.486 e. The van der Waals surface area contributed by atoms with Gasteiger partial charge in [0.1, 0.15) is 52.9 Å². The van der Waals surface area contributed by atoms with Gasteiger partial charge in [-0.1, -0.05) is 106 Å². The quantitative estimate of drug-likeness (QED) is 0.0270. The Morgan fingerprint density at radius 3 is 1.09 bits per heavy atom.